The second-order valence-corrected chi connectivity index (χ2v) is 6.88. The summed E-state index contributed by atoms with van der Waals surface area (Å²) in [5.74, 6) is 0.455. The van der Waals surface area contributed by atoms with Gasteiger partial charge in [-0.1, -0.05) is 47.1 Å². The van der Waals surface area contributed by atoms with E-state index in [1.807, 2.05) is 16.7 Å². The molecule has 8 heteroatoms. The second-order valence-electron chi connectivity index (χ2n) is 6.45. The Morgan fingerprint density at radius 2 is 2.04 bits per heavy atom. The minimum absolute atomic E-state index is 0.267. The zero-order chi connectivity index (χ0) is 19.1. The van der Waals surface area contributed by atoms with E-state index >= 15 is 0 Å². The predicted octanol–water partition coefficient (Wildman–Crippen LogP) is 4.66. The molecule has 0 aliphatic carbocycles. The molecule has 0 N–H and O–H groups in total. The van der Waals surface area contributed by atoms with E-state index in [0.29, 0.717) is 34.5 Å². The van der Waals surface area contributed by atoms with Gasteiger partial charge in [0, 0.05) is 16.1 Å². The van der Waals surface area contributed by atoms with Crippen molar-refractivity contribution in [2.45, 2.75) is 19.3 Å². The number of benzene rings is 2. The standard InChI is InChI=1S/C20H14ClFN4O2/c21-13-5-3-4-12(8-13)19-24-20(28-25-19)18-16-10-27-17(9-26(16)11-23-18)14-6-1-2-7-15(14)22/h1-8,11,17H,9-10H2. The Bertz CT molecular complexity index is 1160. The van der Waals surface area contributed by atoms with E-state index in [4.69, 9.17) is 20.9 Å². The molecule has 28 heavy (non-hydrogen) atoms. The maximum atomic E-state index is 14.1. The lowest BCUT2D eigenvalue weighted by molar-refractivity contribution is 0.00126. The van der Waals surface area contributed by atoms with Gasteiger partial charge in [-0.05, 0) is 18.2 Å². The highest BCUT2D eigenvalue weighted by Gasteiger charge is 2.27. The predicted molar refractivity (Wildman–Crippen MR) is 99.9 cm³/mol. The molecule has 3 heterocycles. The third-order valence-corrected chi connectivity index (χ3v) is 4.93. The second kappa shape index (κ2) is 6.85. The lowest BCUT2D eigenvalue weighted by Crippen LogP contribution is -2.21. The summed E-state index contributed by atoms with van der Waals surface area (Å²) in [7, 11) is 0. The fraction of sp³-hybridized carbons (Fsp3) is 0.150. The van der Waals surface area contributed by atoms with Gasteiger partial charge in [-0.15, -0.1) is 0 Å². The lowest BCUT2D eigenvalue weighted by Gasteiger charge is -2.25. The first-order chi connectivity index (χ1) is 13.7. The Hall–Kier alpha value is -3.03. The van der Waals surface area contributed by atoms with Gasteiger partial charge in [-0.3, -0.25) is 0 Å². The van der Waals surface area contributed by atoms with Crippen molar-refractivity contribution >= 4 is 11.6 Å². The Labute approximate surface area is 164 Å². The number of fused-ring (bicyclic) bond motifs is 1. The third-order valence-electron chi connectivity index (χ3n) is 4.69. The van der Waals surface area contributed by atoms with E-state index in [-0.39, 0.29) is 18.5 Å². The fourth-order valence-corrected chi connectivity index (χ4v) is 3.48. The molecule has 0 saturated heterocycles. The quantitative estimate of drug-likeness (QED) is 0.503. The summed E-state index contributed by atoms with van der Waals surface area (Å²) in [6.45, 7) is 0.724. The fourth-order valence-electron chi connectivity index (χ4n) is 3.29. The first kappa shape index (κ1) is 17.1. The molecule has 1 aliphatic rings. The molecule has 2 aromatic carbocycles. The van der Waals surface area contributed by atoms with Crippen LogP contribution in [0.1, 0.15) is 17.4 Å². The molecular weight excluding hydrogens is 383 g/mol. The minimum atomic E-state index is -0.375. The number of nitrogens with zero attached hydrogens (tertiary/aromatic N) is 4. The Kier molecular flexibility index (Phi) is 4.18. The lowest BCUT2D eigenvalue weighted by atomic mass is 10.1. The van der Waals surface area contributed by atoms with Crippen molar-refractivity contribution in [1.82, 2.24) is 19.7 Å². The molecule has 0 bridgehead atoms. The van der Waals surface area contributed by atoms with Crippen molar-refractivity contribution in [3.8, 4) is 23.0 Å². The highest BCUT2D eigenvalue weighted by atomic mass is 35.5. The molecule has 5 rings (SSSR count). The molecule has 0 amide bonds. The first-order valence-electron chi connectivity index (χ1n) is 8.69. The van der Waals surface area contributed by atoms with Crippen molar-refractivity contribution in [3.63, 3.8) is 0 Å². The van der Waals surface area contributed by atoms with Crippen molar-refractivity contribution in [2.75, 3.05) is 0 Å². The summed E-state index contributed by atoms with van der Waals surface area (Å²) in [5, 5.41) is 4.62. The van der Waals surface area contributed by atoms with Crippen molar-refractivity contribution in [2.24, 2.45) is 0 Å². The number of rotatable bonds is 3. The van der Waals surface area contributed by atoms with E-state index in [1.165, 1.54) is 6.07 Å². The highest BCUT2D eigenvalue weighted by molar-refractivity contribution is 6.30. The molecule has 0 saturated carbocycles. The van der Waals surface area contributed by atoms with Crippen molar-refractivity contribution < 1.29 is 13.7 Å². The normalized spacial score (nSPS) is 16.1. The van der Waals surface area contributed by atoms with Gasteiger partial charge in [0.15, 0.2) is 5.69 Å². The van der Waals surface area contributed by atoms with Gasteiger partial charge in [0.1, 0.15) is 11.9 Å². The van der Waals surface area contributed by atoms with Crippen LogP contribution in [-0.2, 0) is 17.9 Å². The van der Waals surface area contributed by atoms with Gasteiger partial charge < -0.3 is 13.8 Å². The average Bonchev–Trinajstić information content (AvgIpc) is 3.35. The average molecular weight is 397 g/mol. The number of ether oxygens (including phenoxy) is 1. The van der Waals surface area contributed by atoms with Gasteiger partial charge in [-0.2, -0.15) is 4.98 Å². The summed E-state index contributed by atoms with van der Waals surface area (Å²) < 4.78 is 27.3. The number of hydrogen-bond acceptors (Lipinski definition) is 5. The van der Waals surface area contributed by atoms with Gasteiger partial charge in [-0.25, -0.2) is 9.37 Å². The molecule has 140 valence electrons. The first-order valence-corrected chi connectivity index (χ1v) is 9.07. The van der Waals surface area contributed by atoms with E-state index in [0.717, 1.165) is 11.3 Å². The molecule has 0 spiro atoms. The summed E-state index contributed by atoms with van der Waals surface area (Å²) in [6, 6.07) is 13.8. The van der Waals surface area contributed by atoms with Crippen LogP contribution in [0.4, 0.5) is 4.39 Å². The van der Waals surface area contributed by atoms with Crippen molar-refractivity contribution in [1.29, 1.82) is 0 Å². The van der Waals surface area contributed by atoms with E-state index in [1.54, 1.807) is 36.7 Å². The topological polar surface area (TPSA) is 66.0 Å². The van der Waals surface area contributed by atoms with Crippen LogP contribution in [0.25, 0.3) is 23.0 Å². The maximum absolute atomic E-state index is 14.1. The zero-order valence-electron chi connectivity index (χ0n) is 14.5. The molecule has 1 aliphatic heterocycles. The summed E-state index contributed by atoms with van der Waals surface area (Å²) in [4.78, 5) is 8.85. The Morgan fingerprint density at radius 3 is 2.89 bits per heavy atom. The van der Waals surface area contributed by atoms with Gasteiger partial charge in [0.25, 0.3) is 5.89 Å². The number of hydrogen-bond donors (Lipinski definition) is 0. The molecular formula is C20H14ClFN4O2. The molecule has 6 nitrogen and oxygen atoms in total. The largest absolute Gasteiger partial charge is 0.365 e. The molecule has 4 aromatic rings. The number of halogens is 2. The molecule has 2 aromatic heterocycles. The molecule has 0 radical (unpaired) electrons. The van der Waals surface area contributed by atoms with E-state index < -0.39 is 0 Å². The summed E-state index contributed by atoms with van der Waals surface area (Å²) in [5.41, 5.74) is 2.66. The monoisotopic (exact) mass is 396 g/mol. The van der Waals surface area contributed by atoms with Crippen LogP contribution in [-0.4, -0.2) is 19.7 Å². The summed E-state index contributed by atoms with van der Waals surface area (Å²) >= 11 is 6.03. The van der Waals surface area contributed by atoms with Gasteiger partial charge >= 0.3 is 0 Å². The minimum Gasteiger partial charge on any atom is -0.365 e. The van der Waals surface area contributed by atoms with Crippen LogP contribution in [0, 0.1) is 5.82 Å². The van der Waals surface area contributed by atoms with Gasteiger partial charge in [0.2, 0.25) is 5.82 Å². The third kappa shape index (κ3) is 2.98. The van der Waals surface area contributed by atoms with Crippen LogP contribution >= 0.6 is 11.6 Å². The summed E-state index contributed by atoms with van der Waals surface area (Å²) in [6.07, 6.45) is 1.31. The molecule has 1 unspecified atom stereocenters. The van der Waals surface area contributed by atoms with Crippen LogP contribution < -0.4 is 0 Å². The van der Waals surface area contributed by atoms with E-state index in [9.17, 15) is 4.39 Å². The van der Waals surface area contributed by atoms with Crippen LogP contribution in [0.3, 0.4) is 0 Å². The molecule has 0 fully saturated rings. The van der Waals surface area contributed by atoms with Crippen LogP contribution in [0.2, 0.25) is 5.02 Å². The van der Waals surface area contributed by atoms with Crippen LogP contribution in [0.5, 0.6) is 0 Å². The highest BCUT2D eigenvalue weighted by Crippen LogP contribution is 2.32. The number of imidazole rings is 1. The Morgan fingerprint density at radius 1 is 1.14 bits per heavy atom. The van der Waals surface area contributed by atoms with Crippen LogP contribution in [0.15, 0.2) is 59.4 Å². The molecule has 1 atom stereocenters. The zero-order valence-corrected chi connectivity index (χ0v) is 15.3. The SMILES string of the molecule is Fc1ccccc1C1Cn2cnc(-c3nc(-c4cccc(Cl)c4)no3)c2CO1. The van der Waals surface area contributed by atoms with Gasteiger partial charge in [0.05, 0.1) is 25.2 Å². The van der Waals surface area contributed by atoms with E-state index in [2.05, 4.69) is 15.1 Å². The smallest absolute Gasteiger partial charge is 0.278 e. The maximum Gasteiger partial charge on any atom is 0.278 e. The number of aromatic nitrogens is 4. The van der Waals surface area contributed by atoms with Crippen molar-refractivity contribution in [3.05, 3.63) is 77.0 Å². The Balaban J connectivity index is 1.44.